The monoisotopic (exact) mass is 326 g/mol. The minimum absolute atomic E-state index is 0.0259. The molecule has 1 aromatic heterocycles. The number of rotatable bonds is 3. The maximum atomic E-state index is 12.7. The number of hydrogen-bond acceptors (Lipinski definition) is 3. The lowest BCUT2D eigenvalue weighted by atomic mass is 9.97. The summed E-state index contributed by atoms with van der Waals surface area (Å²) in [4.78, 5) is 26.0. The standard InChI is InChI=1S/C18H22N4O2/c1-13-11-19-22(16-8-4-3-5-9-16)17(13)20-18(24)15-7-6-10-21(12-15)14(2)23/h3-5,8-9,11,15H,6-7,10,12H2,1-2H3,(H,20,24). The van der Waals surface area contributed by atoms with Gasteiger partial charge in [0.05, 0.1) is 17.8 Å². The highest BCUT2D eigenvalue weighted by molar-refractivity contribution is 5.93. The van der Waals surface area contributed by atoms with Gasteiger partial charge in [-0.15, -0.1) is 0 Å². The zero-order chi connectivity index (χ0) is 17.1. The molecular weight excluding hydrogens is 304 g/mol. The molecular formula is C18H22N4O2. The lowest BCUT2D eigenvalue weighted by Crippen LogP contribution is -2.43. The van der Waals surface area contributed by atoms with Gasteiger partial charge in [-0.05, 0) is 31.9 Å². The molecule has 2 aromatic rings. The number of benzene rings is 1. The summed E-state index contributed by atoms with van der Waals surface area (Å²) >= 11 is 0. The molecule has 6 heteroatoms. The molecule has 1 N–H and O–H groups in total. The second-order valence-corrected chi connectivity index (χ2v) is 6.22. The third-order valence-electron chi connectivity index (χ3n) is 4.43. The minimum atomic E-state index is -0.179. The molecule has 1 fully saturated rings. The number of aryl methyl sites for hydroxylation is 1. The van der Waals surface area contributed by atoms with E-state index in [2.05, 4.69) is 10.4 Å². The van der Waals surface area contributed by atoms with Gasteiger partial charge in [-0.3, -0.25) is 9.59 Å². The van der Waals surface area contributed by atoms with Gasteiger partial charge in [0.25, 0.3) is 0 Å². The topological polar surface area (TPSA) is 67.2 Å². The molecule has 24 heavy (non-hydrogen) atoms. The average Bonchev–Trinajstić information content (AvgIpc) is 2.96. The Labute approximate surface area is 141 Å². The van der Waals surface area contributed by atoms with Crippen molar-refractivity contribution in [2.75, 3.05) is 18.4 Å². The Kier molecular flexibility index (Phi) is 4.64. The van der Waals surface area contributed by atoms with Crippen molar-refractivity contribution >= 4 is 17.6 Å². The van der Waals surface area contributed by atoms with E-state index < -0.39 is 0 Å². The number of nitrogens with one attached hydrogen (secondary N) is 1. The summed E-state index contributed by atoms with van der Waals surface area (Å²) in [5.74, 6) is 0.479. The first kappa shape index (κ1) is 16.2. The molecule has 3 rings (SSSR count). The molecule has 0 radical (unpaired) electrons. The van der Waals surface area contributed by atoms with E-state index in [0.717, 1.165) is 30.6 Å². The average molecular weight is 326 g/mol. The Morgan fingerprint density at radius 2 is 2.00 bits per heavy atom. The van der Waals surface area contributed by atoms with Crippen LogP contribution in [0.5, 0.6) is 0 Å². The Morgan fingerprint density at radius 3 is 2.71 bits per heavy atom. The van der Waals surface area contributed by atoms with Gasteiger partial charge in [0, 0.05) is 25.6 Å². The van der Waals surface area contributed by atoms with Crippen LogP contribution in [-0.4, -0.2) is 39.6 Å². The Bertz CT molecular complexity index is 739. The first-order valence-electron chi connectivity index (χ1n) is 8.22. The summed E-state index contributed by atoms with van der Waals surface area (Å²) in [6.07, 6.45) is 3.40. The van der Waals surface area contributed by atoms with Crippen molar-refractivity contribution in [3.05, 3.63) is 42.1 Å². The van der Waals surface area contributed by atoms with Crippen molar-refractivity contribution < 1.29 is 9.59 Å². The highest BCUT2D eigenvalue weighted by Gasteiger charge is 2.28. The van der Waals surface area contributed by atoms with Crippen LogP contribution in [-0.2, 0) is 9.59 Å². The van der Waals surface area contributed by atoms with Gasteiger partial charge in [-0.25, -0.2) is 4.68 Å². The van der Waals surface area contributed by atoms with E-state index in [4.69, 9.17) is 0 Å². The van der Waals surface area contributed by atoms with E-state index in [-0.39, 0.29) is 17.7 Å². The Morgan fingerprint density at radius 1 is 1.25 bits per heavy atom. The fourth-order valence-corrected chi connectivity index (χ4v) is 3.04. The molecule has 1 aliphatic rings. The number of likely N-dealkylation sites (tertiary alicyclic amines) is 1. The van der Waals surface area contributed by atoms with Gasteiger partial charge in [-0.2, -0.15) is 5.10 Å². The van der Waals surface area contributed by atoms with Crippen molar-refractivity contribution in [3.8, 4) is 5.69 Å². The van der Waals surface area contributed by atoms with Gasteiger partial charge in [0.15, 0.2) is 0 Å². The molecule has 1 saturated heterocycles. The summed E-state index contributed by atoms with van der Waals surface area (Å²) in [5.41, 5.74) is 1.81. The number of aromatic nitrogens is 2. The molecule has 1 unspecified atom stereocenters. The third-order valence-corrected chi connectivity index (χ3v) is 4.43. The molecule has 1 aromatic carbocycles. The van der Waals surface area contributed by atoms with Crippen molar-refractivity contribution in [2.45, 2.75) is 26.7 Å². The van der Waals surface area contributed by atoms with Crippen molar-refractivity contribution in [1.29, 1.82) is 0 Å². The van der Waals surface area contributed by atoms with Crippen LogP contribution in [0.25, 0.3) is 5.69 Å². The van der Waals surface area contributed by atoms with Crippen molar-refractivity contribution in [1.82, 2.24) is 14.7 Å². The maximum absolute atomic E-state index is 12.7. The Hall–Kier alpha value is -2.63. The highest BCUT2D eigenvalue weighted by atomic mass is 16.2. The number of nitrogens with zero attached hydrogens (tertiary/aromatic N) is 3. The van der Waals surface area contributed by atoms with Crippen LogP contribution in [0, 0.1) is 12.8 Å². The summed E-state index contributed by atoms with van der Waals surface area (Å²) < 4.78 is 1.73. The molecule has 0 aliphatic carbocycles. The van der Waals surface area contributed by atoms with Crippen molar-refractivity contribution in [2.24, 2.45) is 5.92 Å². The second kappa shape index (κ2) is 6.86. The second-order valence-electron chi connectivity index (χ2n) is 6.22. The predicted octanol–water partition coefficient (Wildman–Crippen LogP) is 2.38. The quantitative estimate of drug-likeness (QED) is 0.941. The van der Waals surface area contributed by atoms with E-state index in [1.165, 1.54) is 0 Å². The van der Waals surface area contributed by atoms with Crippen LogP contribution in [0.2, 0.25) is 0 Å². The van der Waals surface area contributed by atoms with E-state index in [1.807, 2.05) is 37.3 Å². The predicted molar refractivity (Wildman–Crippen MR) is 91.9 cm³/mol. The maximum Gasteiger partial charge on any atom is 0.230 e. The molecule has 126 valence electrons. The van der Waals surface area contributed by atoms with Crippen LogP contribution in [0.3, 0.4) is 0 Å². The number of anilines is 1. The van der Waals surface area contributed by atoms with Gasteiger partial charge in [0.1, 0.15) is 5.82 Å². The normalized spacial score (nSPS) is 17.6. The lowest BCUT2D eigenvalue weighted by Gasteiger charge is -2.31. The zero-order valence-electron chi connectivity index (χ0n) is 14.0. The van der Waals surface area contributed by atoms with E-state index in [9.17, 15) is 9.59 Å². The van der Waals surface area contributed by atoms with Gasteiger partial charge >= 0.3 is 0 Å². The fourth-order valence-electron chi connectivity index (χ4n) is 3.04. The molecule has 0 spiro atoms. The molecule has 2 amide bonds. The van der Waals surface area contributed by atoms with Gasteiger partial charge < -0.3 is 10.2 Å². The summed E-state index contributed by atoms with van der Waals surface area (Å²) in [6, 6.07) is 9.70. The molecule has 0 bridgehead atoms. The van der Waals surface area contributed by atoms with Gasteiger partial charge in [-0.1, -0.05) is 18.2 Å². The van der Waals surface area contributed by atoms with E-state index in [1.54, 1.807) is 22.7 Å². The number of hydrogen-bond donors (Lipinski definition) is 1. The molecule has 1 aliphatic heterocycles. The van der Waals surface area contributed by atoms with Crippen LogP contribution < -0.4 is 5.32 Å². The van der Waals surface area contributed by atoms with Crippen LogP contribution in [0.1, 0.15) is 25.3 Å². The minimum Gasteiger partial charge on any atom is -0.342 e. The van der Waals surface area contributed by atoms with Crippen molar-refractivity contribution in [3.63, 3.8) is 0 Å². The number of carbonyl (C=O) groups is 2. The van der Waals surface area contributed by atoms with Crippen LogP contribution >= 0.6 is 0 Å². The molecule has 2 heterocycles. The Balaban J connectivity index is 1.78. The number of para-hydroxylation sites is 1. The SMILES string of the molecule is CC(=O)N1CCCC(C(=O)Nc2c(C)cnn2-c2ccccc2)C1. The number of piperidine rings is 1. The van der Waals surface area contributed by atoms with E-state index >= 15 is 0 Å². The number of carbonyl (C=O) groups excluding carboxylic acids is 2. The summed E-state index contributed by atoms with van der Waals surface area (Å²) in [6.45, 7) is 4.69. The summed E-state index contributed by atoms with van der Waals surface area (Å²) in [5, 5.41) is 7.37. The molecule has 1 atom stereocenters. The number of amides is 2. The van der Waals surface area contributed by atoms with Crippen LogP contribution in [0.15, 0.2) is 36.5 Å². The smallest absolute Gasteiger partial charge is 0.230 e. The summed E-state index contributed by atoms with van der Waals surface area (Å²) in [7, 11) is 0. The first-order valence-corrected chi connectivity index (χ1v) is 8.22. The first-order chi connectivity index (χ1) is 11.6. The molecule has 0 saturated carbocycles. The van der Waals surface area contributed by atoms with Gasteiger partial charge in [0.2, 0.25) is 11.8 Å². The van der Waals surface area contributed by atoms with E-state index in [0.29, 0.717) is 12.4 Å². The third kappa shape index (κ3) is 3.32. The lowest BCUT2D eigenvalue weighted by molar-refractivity contribution is -0.132. The largest absolute Gasteiger partial charge is 0.342 e. The van der Waals surface area contributed by atoms with Crippen LogP contribution in [0.4, 0.5) is 5.82 Å². The highest BCUT2D eigenvalue weighted by Crippen LogP contribution is 2.23. The molecule has 6 nitrogen and oxygen atoms in total. The fraction of sp³-hybridized carbons (Fsp3) is 0.389. The zero-order valence-corrected chi connectivity index (χ0v) is 14.0.